The number of amides is 4. The van der Waals surface area contributed by atoms with Crippen LogP contribution in [0.2, 0.25) is 0 Å². The molecule has 0 bridgehead atoms. The van der Waals surface area contributed by atoms with E-state index in [0.717, 1.165) is 23.0 Å². The maximum Gasteiger partial charge on any atom is 0.573 e. The summed E-state index contributed by atoms with van der Waals surface area (Å²) >= 11 is 0. The first-order valence-corrected chi connectivity index (χ1v) is 22.1. The lowest BCUT2D eigenvalue weighted by atomic mass is 10.0. The zero-order valence-corrected chi connectivity index (χ0v) is 36.8. The first kappa shape index (κ1) is 45.1. The Morgan fingerprint density at radius 3 is 2.08 bits per heavy atom. The minimum Gasteiger partial charge on any atom is -0.465 e. The summed E-state index contributed by atoms with van der Waals surface area (Å²) in [5.74, 6) is -0.171. The number of likely N-dealkylation sites (tertiary alicyclic amines) is 2. The standard InChI is InChI=1S/C46H54F3N9O7/c1-25(2)38(53-44(61)62)42(59)56-23-9-13-36(56)41-52-31-10-6-7-11-34(31)58(41)37-21-20-33(57(37)28-15-17-29(18-16-28)65-46(47,48)49)27-14-19-30-32(24-27)51-40(50-30)35-12-8-22-55(35)43(60)39(26(3)4)54-45(63)64-5/h6-7,10-11,14-19,24-26,33,35-39,53H,8-9,12-13,20-23H2,1-5H3,(H,50,51)(H,54,63)(H,61,62)/t33-,35+,36+,37-,38+,39+/m1/s1. The van der Waals surface area contributed by atoms with Crippen LogP contribution in [0.3, 0.4) is 0 Å². The highest BCUT2D eigenvalue weighted by Crippen LogP contribution is 2.48. The minimum absolute atomic E-state index is 0.193. The first-order valence-electron chi connectivity index (χ1n) is 22.1. The number of carboxylic acid groups (broad SMARTS) is 1. The lowest BCUT2D eigenvalue weighted by molar-refractivity contribution is -0.274. The second-order valence-corrected chi connectivity index (χ2v) is 17.7. The molecule has 0 spiro atoms. The molecule has 3 fully saturated rings. The van der Waals surface area contributed by atoms with Gasteiger partial charge in [0.05, 0.1) is 47.3 Å². The van der Waals surface area contributed by atoms with E-state index in [1.165, 1.54) is 19.2 Å². The lowest BCUT2D eigenvalue weighted by Gasteiger charge is -2.36. The smallest absolute Gasteiger partial charge is 0.465 e. The molecular weight excluding hydrogens is 848 g/mol. The molecule has 0 saturated carbocycles. The number of halogens is 3. The van der Waals surface area contributed by atoms with Crippen LogP contribution in [0.4, 0.5) is 28.4 Å². The van der Waals surface area contributed by atoms with Crippen molar-refractivity contribution in [2.24, 2.45) is 11.8 Å². The Morgan fingerprint density at radius 1 is 0.785 bits per heavy atom. The number of nitrogens with zero attached hydrogens (tertiary/aromatic N) is 6. The highest BCUT2D eigenvalue weighted by Gasteiger charge is 2.43. The number of rotatable bonds is 12. The summed E-state index contributed by atoms with van der Waals surface area (Å²) in [6.45, 7) is 8.22. The van der Waals surface area contributed by atoms with Crippen molar-refractivity contribution in [1.29, 1.82) is 0 Å². The maximum atomic E-state index is 14.2. The molecule has 3 aliphatic heterocycles. The molecular formula is C46H54F3N9O7. The van der Waals surface area contributed by atoms with Crippen molar-refractivity contribution in [3.63, 3.8) is 0 Å². The number of aromatic nitrogens is 4. The van der Waals surface area contributed by atoms with E-state index >= 15 is 0 Å². The van der Waals surface area contributed by atoms with Gasteiger partial charge in [0.1, 0.15) is 35.6 Å². The number of hydrogen-bond donors (Lipinski definition) is 4. The number of nitrogens with one attached hydrogen (secondary N) is 3. The Bertz CT molecular complexity index is 2560. The second-order valence-electron chi connectivity index (χ2n) is 17.7. The Kier molecular flexibility index (Phi) is 12.6. The number of ether oxygens (including phenoxy) is 2. The van der Waals surface area contributed by atoms with Crippen LogP contribution in [0.25, 0.3) is 22.1 Å². The van der Waals surface area contributed by atoms with Gasteiger partial charge in [0.2, 0.25) is 11.8 Å². The third-order valence-corrected chi connectivity index (χ3v) is 12.8. The Hall–Kier alpha value is -6.53. The molecule has 0 unspecified atom stereocenters. The van der Waals surface area contributed by atoms with E-state index in [2.05, 4.69) is 29.8 Å². The SMILES string of the molecule is COC(=O)N[C@H](C(=O)N1CCC[C@H]1c1nc2cc([C@H]3CC[C@@H](n4c([C@@H]5CCCN5C(=O)[C@@H](NC(=O)O)C(C)C)nc5ccccc54)N3c3ccc(OC(F)(F)F)cc3)ccc2[nH]1)C(C)C. The number of H-pyrrole nitrogens is 1. The molecule has 346 valence electrons. The van der Waals surface area contributed by atoms with Gasteiger partial charge in [-0.2, -0.15) is 0 Å². The minimum atomic E-state index is -4.87. The summed E-state index contributed by atoms with van der Waals surface area (Å²) in [7, 11) is 1.25. The predicted octanol–water partition coefficient (Wildman–Crippen LogP) is 8.35. The summed E-state index contributed by atoms with van der Waals surface area (Å²) in [5.41, 5.74) is 4.47. The molecule has 3 aromatic carbocycles. The third-order valence-electron chi connectivity index (χ3n) is 12.8. The van der Waals surface area contributed by atoms with Gasteiger partial charge in [0, 0.05) is 18.8 Å². The van der Waals surface area contributed by atoms with Crippen molar-refractivity contribution in [2.45, 2.75) is 109 Å². The largest absolute Gasteiger partial charge is 0.573 e. The van der Waals surface area contributed by atoms with Crippen molar-refractivity contribution in [3.05, 3.63) is 83.9 Å². The molecule has 4 N–H and O–H groups in total. The number of benzene rings is 3. The van der Waals surface area contributed by atoms with Crippen LogP contribution in [0.15, 0.2) is 66.7 Å². The molecule has 8 rings (SSSR count). The van der Waals surface area contributed by atoms with Crippen LogP contribution in [-0.2, 0) is 14.3 Å². The topological polar surface area (TPSA) is 187 Å². The van der Waals surface area contributed by atoms with Gasteiger partial charge in [-0.3, -0.25) is 9.59 Å². The van der Waals surface area contributed by atoms with Crippen molar-refractivity contribution >= 4 is 51.8 Å². The fourth-order valence-electron chi connectivity index (χ4n) is 9.88. The zero-order chi connectivity index (χ0) is 46.3. The summed E-state index contributed by atoms with van der Waals surface area (Å²) in [6.07, 6.45) is -3.36. The average Bonchev–Trinajstić information content (AvgIpc) is 4.12. The summed E-state index contributed by atoms with van der Waals surface area (Å²) in [5, 5.41) is 14.7. The number of alkyl carbamates (subject to hydrolysis) is 1. The molecule has 65 heavy (non-hydrogen) atoms. The monoisotopic (exact) mass is 901 g/mol. The Labute approximate surface area is 373 Å². The fourth-order valence-corrected chi connectivity index (χ4v) is 9.88. The van der Waals surface area contributed by atoms with Gasteiger partial charge in [-0.15, -0.1) is 13.2 Å². The van der Waals surface area contributed by atoms with Gasteiger partial charge in [-0.05, 0) is 104 Å². The second kappa shape index (κ2) is 18.2. The van der Waals surface area contributed by atoms with E-state index in [1.807, 2.05) is 56.3 Å². The van der Waals surface area contributed by atoms with Crippen molar-refractivity contribution in [2.75, 3.05) is 25.1 Å². The van der Waals surface area contributed by atoms with Crippen LogP contribution in [0.5, 0.6) is 5.75 Å². The molecule has 19 heteroatoms. The predicted molar refractivity (Wildman–Crippen MR) is 234 cm³/mol. The molecule has 6 atom stereocenters. The number of carbonyl (C=O) groups is 4. The van der Waals surface area contributed by atoms with Crippen molar-refractivity contribution < 1.29 is 46.9 Å². The fraction of sp³-hybridized carbons (Fsp3) is 0.478. The summed E-state index contributed by atoms with van der Waals surface area (Å²) in [6, 6.07) is 16.5. The molecule has 0 aliphatic carbocycles. The van der Waals surface area contributed by atoms with Gasteiger partial charge in [-0.1, -0.05) is 45.9 Å². The van der Waals surface area contributed by atoms with Gasteiger partial charge in [0.15, 0.2) is 0 Å². The number of methoxy groups -OCH3 is 1. The van der Waals surface area contributed by atoms with Crippen LogP contribution in [0, 0.1) is 11.8 Å². The number of anilines is 1. The van der Waals surface area contributed by atoms with E-state index in [0.29, 0.717) is 73.6 Å². The molecule has 4 amide bonds. The number of para-hydroxylation sites is 2. The van der Waals surface area contributed by atoms with Crippen LogP contribution in [-0.4, -0.2) is 97.1 Å². The third kappa shape index (κ3) is 9.09. The van der Waals surface area contributed by atoms with E-state index < -0.39 is 42.8 Å². The summed E-state index contributed by atoms with van der Waals surface area (Å²) in [4.78, 5) is 71.3. The number of imidazole rings is 2. The Balaban J connectivity index is 1.17. The molecule has 16 nitrogen and oxygen atoms in total. The number of hydrogen-bond acceptors (Lipinski definition) is 9. The Morgan fingerprint density at radius 2 is 1.43 bits per heavy atom. The van der Waals surface area contributed by atoms with Gasteiger partial charge >= 0.3 is 18.5 Å². The van der Waals surface area contributed by atoms with Crippen molar-refractivity contribution in [1.82, 2.24) is 40.0 Å². The molecule has 3 saturated heterocycles. The average molecular weight is 902 g/mol. The van der Waals surface area contributed by atoms with E-state index in [-0.39, 0.29) is 41.5 Å². The van der Waals surface area contributed by atoms with Gasteiger partial charge in [-0.25, -0.2) is 19.6 Å². The number of carbonyl (C=O) groups excluding carboxylic acids is 3. The molecule has 5 aromatic rings. The van der Waals surface area contributed by atoms with E-state index in [1.54, 1.807) is 35.8 Å². The lowest BCUT2D eigenvalue weighted by Crippen LogP contribution is -2.51. The molecule has 5 heterocycles. The normalized spacial score (nSPS) is 21.1. The highest BCUT2D eigenvalue weighted by molar-refractivity contribution is 5.87. The van der Waals surface area contributed by atoms with E-state index in [9.17, 15) is 37.5 Å². The summed E-state index contributed by atoms with van der Waals surface area (Å²) < 4.78 is 51.2. The maximum absolute atomic E-state index is 14.2. The van der Waals surface area contributed by atoms with Crippen LogP contribution in [0.1, 0.15) is 108 Å². The van der Waals surface area contributed by atoms with Crippen LogP contribution < -0.4 is 20.3 Å². The molecule has 0 radical (unpaired) electrons. The van der Waals surface area contributed by atoms with Crippen molar-refractivity contribution in [3.8, 4) is 5.75 Å². The number of aromatic amines is 1. The van der Waals surface area contributed by atoms with Crippen LogP contribution >= 0.6 is 0 Å². The first-order chi connectivity index (χ1) is 31.0. The molecule has 2 aromatic heterocycles. The zero-order valence-electron chi connectivity index (χ0n) is 36.8. The van der Waals surface area contributed by atoms with Gasteiger partial charge in [0.25, 0.3) is 0 Å². The highest BCUT2D eigenvalue weighted by atomic mass is 19.4. The van der Waals surface area contributed by atoms with E-state index in [4.69, 9.17) is 14.7 Å². The quantitative estimate of drug-likeness (QED) is 0.0948. The molecule has 3 aliphatic rings. The number of fused-ring (bicyclic) bond motifs is 2. The number of alkyl halides is 3. The van der Waals surface area contributed by atoms with Gasteiger partial charge < -0.3 is 49.5 Å².